The van der Waals surface area contributed by atoms with Crippen molar-refractivity contribution in [2.45, 2.75) is 50.9 Å². The van der Waals surface area contributed by atoms with Crippen LogP contribution in [0, 0.1) is 5.41 Å². The van der Waals surface area contributed by atoms with Gasteiger partial charge in [0, 0.05) is 12.0 Å². The minimum absolute atomic E-state index is 0.102. The van der Waals surface area contributed by atoms with Gasteiger partial charge in [-0.05, 0) is 42.4 Å². The smallest absolute Gasteiger partial charge is 0.232 e. The first-order valence-electron chi connectivity index (χ1n) is 10.5. The Hall–Kier alpha value is -2.75. The Morgan fingerprint density at radius 3 is 2.21 bits per heavy atom. The molecule has 2 bridgehead atoms. The number of carbonyl (C=O) groups is 1. The van der Waals surface area contributed by atoms with Gasteiger partial charge in [0.25, 0.3) is 0 Å². The molecule has 1 amide bonds. The summed E-state index contributed by atoms with van der Waals surface area (Å²) in [4.78, 5) is 23.7. The van der Waals surface area contributed by atoms with Gasteiger partial charge in [-0.25, -0.2) is 9.97 Å². The molecule has 1 aromatic heterocycles. The average Bonchev–Trinajstić information content (AvgIpc) is 3.02. The van der Waals surface area contributed by atoms with Gasteiger partial charge in [0.1, 0.15) is 0 Å². The predicted molar refractivity (Wildman–Crippen MR) is 115 cm³/mol. The third kappa shape index (κ3) is 2.29. The fourth-order valence-electron chi connectivity index (χ4n) is 5.67. The lowest BCUT2D eigenvalue weighted by atomic mass is 9.63. The van der Waals surface area contributed by atoms with Crippen molar-refractivity contribution in [3.8, 4) is 0 Å². The molecule has 4 heteroatoms. The summed E-state index contributed by atoms with van der Waals surface area (Å²) >= 11 is 0. The molecule has 0 spiro atoms. The van der Waals surface area contributed by atoms with Gasteiger partial charge in [0.05, 0.1) is 27.8 Å². The first-order chi connectivity index (χ1) is 13.9. The first-order valence-corrected chi connectivity index (χ1v) is 10.5. The summed E-state index contributed by atoms with van der Waals surface area (Å²) in [5, 5.41) is 3.25. The number of aromatic nitrogens is 2. The number of fused-ring (bicyclic) bond motifs is 6. The molecule has 4 nitrogen and oxygen atoms in total. The zero-order chi connectivity index (χ0) is 20.3. The van der Waals surface area contributed by atoms with E-state index in [4.69, 9.17) is 9.97 Å². The highest BCUT2D eigenvalue weighted by Crippen LogP contribution is 2.70. The number of amides is 1. The van der Waals surface area contributed by atoms with E-state index < -0.39 is 5.41 Å². The van der Waals surface area contributed by atoms with Gasteiger partial charge in [0.2, 0.25) is 5.91 Å². The molecular formula is C25H27N3O. The molecule has 2 aromatic carbocycles. The Bertz CT molecular complexity index is 1110. The van der Waals surface area contributed by atoms with Crippen LogP contribution < -0.4 is 5.32 Å². The molecule has 1 heterocycles. The predicted octanol–water partition coefficient (Wildman–Crippen LogP) is 4.32. The van der Waals surface area contributed by atoms with Crippen LogP contribution in [0.1, 0.15) is 50.6 Å². The second-order valence-corrected chi connectivity index (χ2v) is 9.26. The van der Waals surface area contributed by atoms with Crippen molar-refractivity contribution in [3.63, 3.8) is 0 Å². The number of hydrogen-bond donors (Lipinski definition) is 1. The second kappa shape index (κ2) is 6.12. The average molecular weight is 386 g/mol. The number of para-hydroxylation sites is 2. The first kappa shape index (κ1) is 18.3. The number of nitrogens with one attached hydrogen (secondary N) is 1. The van der Waals surface area contributed by atoms with Gasteiger partial charge in [-0.15, -0.1) is 0 Å². The van der Waals surface area contributed by atoms with Crippen molar-refractivity contribution < 1.29 is 4.79 Å². The van der Waals surface area contributed by atoms with Gasteiger partial charge in [-0.1, -0.05) is 63.2 Å². The number of benzene rings is 2. The van der Waals surface area contributed by atoms with Gasteiger partial charge in [0.15, 0.2) is 0 Å². The molecule has 0 aliphatic heterocycles. The highest BCUT2D eigenvalue weighted by molar-refractivity contribution is 5.92. The molecule has 2 atom stereocenters. The monoisotopic (exact) mass is 385 g/mol. The van der Waals surface area contributed by atoms with Crippen LogP contribution in [0.5, 0.6) is 0 Å². The lowest BCUT2D eigenvalue weighted by Gasteiger charge is -2.39. The molecule has 5 rings (SSSR count). The Kier molecular flexibility index (Phi) is 3.86. The van der Waals surface area contributed by atoms with E-state index in [0.717, 1.165) is 41.7 Å². The molecule has 148 valence electrons. The third-order valence-electron chi connectivity index (χ3n) is 7.87. The van der Waals surface area contributed by atoms with E-state index in [1.54, 1.807) is 0 Å². The summed E-state index contributed by atoms with van der Waals surface area (Å²) < 4.78 is 0. The molecule has 29 heavy (non-hydrogen) atoms. The zero-order valence-electron chi connectivity index (χ0n) is 17.3. The van der Waals surface area contributed by atoms with E-state index in [-0.39, 0.29) is 16.7 Å². The van der Waals surface area contributed by atoms with Crippen LogP contribution in [0.2, 0.25) is 0 Å². The van der Waals surface area contributed by atoms with Crippen molar-refractivity contribution in [3.05, 3.63) is 71.5 Å². The Morgan fingerprint density at radius 1 is 0.897 bits per heavy atom. The van der Waals surface area contributed by atoms with Gasteiger partial charge < -0.3 is 5.32 Å². The molecule has 2 aliphatic carbocycles. The van der Waals surface area contributed by atoms with Crippen LogP contribution in [0.3, 0.4) is 0 Å². The lowest BCUT2D eigenvalue weighted by molar-refractivity contribution is -0.130. The van der Waals surface area contributed by atoms with Crippen molar-refractivity contribution in [1.82, 2.24) is 15.3 Å². The topological polar surface area (TPSA) is 54.9 Å². The quantitative estimate of drug-likeness (QED) is 0.728. The Morgan fingerprint density at radius 2 is 1.52 bits per heavy atom. The zero-order valence-corrected chi connectivity index (χ0v) is 17.3. The van der Waals surface area contributed by atoms with Gasteiger partial charge in [-0.2, -0.15) is 0 Å². The molecule has 0 unspecified atom stereocenters. The fourth-order valence-corrected chi connectivity index (χ4v) is 5.67. The minimum Gasteiger partial charge on any atom is -0.355 e. The standard InChI is InChI=1S/C25H27N3O/c1-23(2)24(3)14-15-25(23,22(29)26-16-13-17-9-5-4-6-10-17)21-20(24)27-18-11-7-8-12-19(18)28-21/h4-12H,13-16H2,1-3H3,(H,26,29)/t24-,25-/m0/s1. The minimum atomic E-state index is -0.620. The Labute approximate surface area is 171 Å². The van der Waals surface area contributed by atoms with Crippen LogP contribution >= 0.6 is 0 Å². The summed E-state index contributed by atoms with van der Waals surface area (Å²) in [7, 11) is 0. The van der Waals surface area contributed by atoms with Crippen LogP contribution in [-0.2, 0) is 22.0 Å². The van der Waals surface area contributed by atoms with Crippen molar-refractivity contribution in [1.29, 1.82) is 0 Å². The third-order valence-corrected chi connectivity index (χ3v) is 7.87. The van der Waals surface area contributed by atoms with Crippen LogP contribution in [0.4, 0.5) is 0 Å². The largest absolute Gasteiger partial charge is 0.355 e. The molecular weight excluding hydrogens is 358 g/mol. The normalized spacial score (nSPS) is 26.4. The Balaban J connectivity index is 1.53. The van der Waals surface area contributed by atoms with Crippen molar-refractivity contribution in [2.24, 2.45) is 5.41 Å². The molecule has 0 radical (unpaired) electrons. The maximum Gasteiger partial charge on any atom is 0.232 e. The van der Waals surface area contributed by atoms with E-state index in [1.165, 1.54) is 5.56 Å². The second-order valence-electron chi connectivity index (χ2n) is 9.26. The molecule has 3 aromatic rings. The molecule has 1 saturated carbocycles. The molecule has 1 fully saturated rings. The van der Waals surface area contributed by atoms with Gasteiger partial charge >= 0.3 is 0 Å². The fraction of sp³-hybridized carbons (Fsp3) is 0.400. The summed E-state index contributed by atoms with van der Waals surface area (Å²) in [5.74, 6) is 0.102. The number of nitrogens with zero attached hydrogens (tertiary/aromatic N) is 2. The van der Waals surface area contributed by atoms with E-state index in [2.05, 4.69) is 38.2 Å². The van der Waals surface area contributed by atoms with Crippen LogP contribution in [0.25, 0.3) is 11.0 Å². The maximum absolute atomic E-state index is 13.7. The van der Waals surface area contributed by atoms with E-state index in [1.807, 2.05) is 42.5 Å². The SMILES string of the molecule is CC1(C)[C@@]2(C)CC[C@@]1(C(=O)NCCc1ccccc1)c1nc3ccccc3nc12. The summed E-state index contributed by atoms with van der Waals surface area (Å²) in [6.07, 6.45) is 2.62. The van der Waals surface area contributed by atoms with Crippen molar-refractivity contribution >= 4 is 16.9 Å². The lowest BCUT2D eigenvalue weighted by Crippen LogP contribution is -2.51. The highest BCUT2D eigenvalue weighted by Gasteiger charge is 2.73. The molecule has 0 saturated heterocycles. The molecule has 2 aliphatic rings. The summed E-state index contributed by atoms with van der Waals surface area (Å²) in [5.41, 5.74) is 3.93. The van der Waals surface area contributed by atoms with Crippen LogP contribution in [-0.4, -0.2) is 22.4 Å². The summed E-state index contributed by atoms with van der Waals surface area (Å²) in [6, 6.07) is 18.3. The highest BCUT2D eigenvalue weighted by atomic mass is 16.2. The van der Waals surface area contributed by atoms with E-state index in [9.17, 15) is 4.79 Å². The number of rotatable bonds is 4. The van der Waals surface area contributed by atoms with Gasteiger partial charge in [-0.3, -0.25) is 4.79 Å². The van der Waals surface area contributed by atoms with E-state index >= 15 is 0 Å². The van der Waals surface area contributed by atoms with Crippen molar-refractivity contribution in [2.75, 3.05) is 6.54 Å². The number of hydrogen-bond acceptors (Lipinski definition) is 3. The number of carbonyl (C=O) groups excluding carboxylic acids is 1. The summed E-state index contributed by atoms with van der Waals surface area (Å²) in [6.45, 7) is 7.35. The molecule has 1 N–H and O–H groups in total. The van der Waals surface area contributed by atoms with E-state index in [0.29, 0.717) is 6.54 Å². The maximum atomic E-state index is 13.7. The van der Waals surface area contributed by atoms with Crippen LogP contribution in [0.15, 0.2) is 54.6 Å².